The lowest BCUT2D eigenvalue weighted by atomic mass is 10.1. The molecule has 0 radical (unpaired) electrons. The van der Waals surface area contributed by atoms with Gasteiger partial charge in [-0.1, -0.05) is 5.16 Å². The Bertz CT molecular complexity index is 825. The molecule has 0 aliphatic carbocycles. The number of benzene rings is 1. The van der Waals surface area contributed by atoms with Crippen LogP contribution in [0.2, 0.25) is 0 Å². The highest BCUT2D eigenvalue weighted by Gasteiger charge is 2.31. The number of aryl methyl sites for hydroxylation is 1. The molecule has 1 aromatic heterocycles. The van der Waals surface area contributed by atoms with Gasteiger partial charge < -0.3 is 28.8 Å². The van der Waals surface area contributed by atoms with Crippen LogP contribution < -0.4 is 14.8 Å². The van der Waals surface area contributed by atoms with Crippen molar-refractivity contribution in [2.75, 3.05) is 26.6 Å². The SMILES string of the molecule is Cc1noc(-c2ccc3c(c2)OCO3)c1C(=O)NCCC1(C)OCCO1. The van der Waals surface area contributed by atoms with Gasteiger partial charge in [0.25, 0.3) is 5.91 Å². The van der Waals surface area contributed by atoms with Gasteiger partial charge in [-0.3, -0.25) is 4.79 Å². The van der Waals surface area contributed by atoms with Gasteiger partial charge in [0, 0.05) is 18.5 Å². The number of hydrogen-bond donors (Lipinski definition) is 1. The van der Waals surface area contributed by atoms with Crippen LogP contribution in [0, 0.1) is 6.92 Å². The van der Waals surface area contributed by atoms with Gasteiger partial charge in [0.15, 0.2) is 23.0 Å². The molecular weight excluding hydrogens is 340 g/mol. The molecule has 138 valence electrons. The lowest BCUT2D eigenvalue weighted by Gasteiger charge is -2.22. The molecule has 1 N–H and O–H groups in total. The van der Waals surface area contributed by atoms with Crippen LogP contribution in [0.25, 0.3) is 11.3 Å². The molecule has 0 saturated carbocycles. The summed E-state index contributed by atoms with van der Waals surface area (Å²) in [6.07, 6.45) is 0.558. The lowest BCUT2D eigenvalue weighted by Crippen LogP contribution is -2.33. The van der Waals surface area contributed by atoms with E-state index in [9.17, 15) is 4.79 Å². The normalized spacial score (nSPS) is 17.5. The Morgan fingerprint density at radius 3 is 2.81 bits per heavy atom. The first-order chi connectivity index (χ1) is 12.6. The zero-order valence-corrected chi connectivity index (χ0v) is 14.7. The van der Waals surface area contributed by atoms with E-state index in [1.807, 2.05) is 13.0 Å². The summed E-state index contributed by atoms with van der Waals surface area (Å²) in [5.74, 6) is 0.792. The fourth-order valence-corrected chi connectivity index (χ4v) is 3.06. The molecule has 0 unspecified atom stereocenters. The van der Waals surface area contributed by atoms with E-state index >= 15 is 0 Å². The Balaban J connectivity index is 1.50. The highest BCUT2D eigenvalue weighted by atomic mass is 16.7. The number of nitrogens with one attached hydrogen (secondary N) is 1. The van der Waals surface area contributed by atoms with Gasteiger partial charge in [0.1, 0.15) is 5.56 Å². The maximum atomic E-state index is 12.7. The topological polar surface area (TPSA) is 92.1 Å². The number of carbonyl (C=O) groups is 1. The number of hydrogen-bond acceptors (Lipinski definition) is 7. The molecule has 0 atom stereocenters. The minimum Gasteiger partial charge on any atom is -0.454 e. The summed E-state index contributed by atoms with van der Waals surface area (Å²) in [5, 5.41) is 6.84. The van der Waals surface area contributed by atoms with Crippen LogP contribution in [0.3, 0.4) is 0 Å². The van der Waals surface area contributed by atoms with E-state index in [0.29, 0.717) is 60.3 Å². The summed E-state index contributed by atoms with van der Waals surface area (Å²) in [6, 6.07) is 5.37. The molecule has 2 aliphatic heterocycles. The maximum Gasteiger partial charge on any atom is 0.257 e. The highest BCUT2D eigenvalue weighted by molar-refractivity contribution is 6.00. The van der Waals surface area contributed by atoms with Crippen molar-refractivity contribution in [3.05, 3.63) is 29.5 Å². The number of rotatable bonds is 5. The predicted octanol–water partition coefficient (Wildman–Crippen LogP) is 2.26. The third kappa shape index (κ3) is 3.13. The Hall–Kier alpha value is -2.58. The van der Waals surface area contributed by atoms with Gasteiger partial charge >= 0.3 is 0 Å². The zero-order valence-electron chi connectivity index (χ0n) is 14.7. The molecule has 1 saturated heterocycles. The Labute approximate surface area is 150 Å². The van der Waals surface area contributed by atoms with Crippen LogP contribution >= 0.6 is 0 Å². The summed E-state index contributed by atoms with van der Waals surface area (Å²) in [4.78, 5) is 12.7. The number of ether oxygens (including phenoxy) is 4. The molecule has 1 aromatic carbocycles. The van der Waals surface area contributed by atoms with Crippen molar-refractivity contribution in [3.63, 3.8) is 0 Å². The zero-order chi connectivity index (χ0) is 18.1. The first-order valence-corrected chi connectivity index (χ1v) is 8.48. The highest BCUT2D eigenvalue weighted by Crippen LogP contribution is 2.37. The van der Waals surface area contributed by atoms with Crippen LogP contribution in [-0.4, -0.2) is 43.4 Å². The van der Waals surface area contributed by atoms with Gasteiger partial charge in [-0.05, 0) is 32.0 Å². The van der Waals surface area contributed by atoms with E-state index in [-0.39, 0.29) is 12.7 Å². The van der Waals surface area contributed by atoms with Gasteiger partial charge in [0.05, 0.1) is 18.9 Å². The maximum absolute atomic E-state index is 12.7. The van der Waals surface area contributed by atoms with Crippen molar-refractivity contribution in [3.8, 4) is 22.8 Å². The van der Waals surface area contributed by atoms with E-state index in [0.717, 1.165) is 0 Å². The van der Waals surface area contributed by atoms with Crippen molar-refractivity contribution < 1.29 is 28.3 Å². The monoisotopic (exact) mass is 360 g/mol. The summed E-state index contributed by atoms with van der Waals surface area (Å²) in [6.45, 7) is 5.35. The average Bonchev–Trinajstić information content (AvgIpc) is 3.34. The van der Waals surface area contributed by atoms with Gasteiger partial charge in [-0.2, -0.15) is 0 Å². The minimum absolute atomic E-state index is 0.185. The lowest BCUT2D eigenvalue weighted by molar-refractivity contribution is -0.145. The molecule has 1 fully saturated rings. The largest absolute Gasteiger partial charge is 0.454 e. The molecule has 1 amide bonds. The number of amides is 1. The van der Waals surface area contributed by atoms with Crippen LogP contribution in [0.15, 0.2) is 22.7 Å². The number of nitrogens with zero attached hydrogens (tertiary/aromatic N) is 1. The predicted molar refractivity (Wildman–Crippen MR) is 90.1 cm³/mol. The van der Waals surface area contributed by atoms with Crippen molar-refractivity contribution in [2.24, 2.45) is 0 Å². The Morgan fingerprint density at radius 1 is 1.23 bits per heavy atom. The van der Waals surface area contributed by atoms with Crippen molar-refractivity contribution in [1.82, 2.24) is 10.5 Å². The van der Waals surface area contributed by atoms with Gasteiger partial charge in [-0.25, -0.2) is 0 Å². The molecule has 2 aliphatic rings. The number of fused-ring (bicyclic) bond motifs is 1. The number of carbonyl (C=O) groups excluding carboxylic acids is 1. The van der Waals surface area contributed by atoms with Crippen molar-refractivity contribution >= 4 is 5.91 Å². The smallest absolute Gasteiger partial charge is 0.257 e. The second kappa shape index (κ2) is 6.62. The first-order valence-electron chi connectivity index (χ1n) is 8.48. The summed E-state index contributed by atoms with van der Waals surface area (Å²) in [5.41, 5.74) is 1.63. The van der Waals surface area contributed by atoms with E-state index in [1.165, 1.54) is 0 Å². The van der Waals surface area contributed by atoms with Crippen LogP contribution in [0.1, 0.15) is 29.4 Å². The molecular formula is C18H20N2O6. The van der Waals surface area contributed by atoms with Crippen LogP contribution in [-0.2, 0) is 9.47 Å². The molecule has 0 spiro atoms. The van der Waals surface area contributed by atoms with E-state index in [2.05, 4.69) is 10.5 Å². The second-order valence-corrected chi connectivity index (χ2v) is 6.38. The van der Waals surface area contributed by atoms with E-state index in [4.69, 9.17) is 23.5 Å². The molecule has 4 rings (SSSR count). The molecule has 3 heterocycles. The first kappa shape index (κ1) is 16.9. The fraction of sp³-hybridized carbons (Fsp3) is 0.444. The quantitative estimate of drug-likeness (QED) is 0.874. The van der Waals surface area contributed by atoms with E-state index < -0.39 is 5.79 Å². The third-order valence-corrected chi connectivity index (χ3v) is 4.49. The summed E-state index contributed by atoms with van der Waals surface area (Å²) >= 11 is 0. The molecule has 26 heavy (non-hydrogen) atoms. The standard InChI is InChI=1S/C18H20N2O6/c1-11-15(17(21)19-6-5-18(2)24-7-8-25-18)16(26-20-11)12-3-4-13-14(9-12)23-10-22-13/h3-4,9H,5-8,10H2,1-2H3,(H,19,21). The Kier molecular flexibility index (Phi) is 4.29. The summed E-state index contributed by atoms with van der Waals surface area (Å²) < 4.78 is 27.2. The number of aromatic nitrogens is 1. The molecule has 8 nitrogen and oxygen atoms in total. The fourth-order valence-electron chi connectivity index (χ4n) is 3.06. The molecule has 2 aromatic rings. The summed E-state index contributed by atoms with van der Waals surface area (Å²) in [7, 11) is 0. The molecule has 0 bridgehead atoms. The van der Waals surface area contributed by atoms with Gasteiger partial charge in [0.2, 0.25) is 6.79 Å². The second-order valence-electron chi connectivity index (χ2n) is 6.38. The van der Waals surface area contributed by atoms with Crippen molar-refractivity contribution in [1.29, 1.82) is 0 Å². The van der Waals surface area contributed by atoms with Crippen LogP contribution in [0.5, 0.6) is 11.5 Å². The minimum atomic E-state index is -0.642. The van der Waals surface area contributed by atoms with Crippen molar-refractivity contribution in [2.45, 2.75) is 26.1 Å². The van der Waals surface area contributed by atoms with Crippen LogP contribution in [0.4, 0.5) is 0 Å². The third-order valence-electron chi connectivity index (χ3n) is 4.49. The molecule has 8 heteroatoms. The average molecular weight is 360 g/mol. The Morgan fingerprint density at radius 2 is 2.00 bits per heavy atom. The van der Waals surface area contributed by atoms with E-state index in [1.54, 1.807) is 19.1 Å². The van der Waals surface area contributed by atoms with Gasteiger partial charge in [-0.15, -0.1) is 0 Å².